The third-order valence-corrected chi connectivity index (χ3v) is 6.08. The number of hydrogen-bond acceptors (Lipinski definition) is 9. The number of rotatable bonds is 4. The van der Waals surface area contributed by atoms with Gasteiger partial charge in [0.25, 0.3) is 5.78 Å². The Morgan fingerprint density at radius 2 is 1.91 bits per heavy atom. The van der Waals surface area contributed by atoms with Gasteiger partial charge in [0.05, 0.1) is 24.4 Å². The van der Waals surface area contributed by atoms with Gasteiger partial charge in [0.15, 0.2) is 5.13 Å². The first-order valence-corrected chi connectivity index (χ1v) is 10.2. The first-order chi connectivity index (χ1) is 15.3. The molecule has 1 atom stereocenters. The van der Waals surface area contributed by atoms with Gasteiger partial charge in [0.1, 0.15) is 16.4 Å². The second-order valence-corrected chi connectivity index (χ2v) is 7.88. The summed E-state index contributed by atoms with van der Waals surface area (Å²) in [4.78, 5) is 47.7. The Labute approximate surface area is 186 Å². The number of phenols is 1. The van der Waals surface area contributed by atoms with Crippen molar-refractivity contribution in [3.63, 3.8) is 0 Å². The number of anilines is 1. The number of aliphatic hydroxyl groups is 1. The highest BCUT2D eigenvalue weighted by atomic mass is 32.1. The Morgan fingerprint density at radius 1 is 1.19 bits per heavy atom. The van der Waals surface area contributed by atoms with E-state index < -0.39 is 23.7 Å². The number of ether oxygens (including phenoxy) is 1. The average Bonchev–Trinajstić information content (AvgIpc) is 3.30. The molecule has 3 heterocycles. The molecule has 1 aromatic carbocycles. The van der Waals surface area contributed by atoms with Gasteiger partial charge in [-0.2, -0.15) is 0 Å². The van der Waals surface area contributed by atoms with Crippen LogP contribution in [0, 0.1) is 6.92 Å². The van der Waals surface area contributed by atoms with Crippen LogP contribution >= 0.6 is 11.3 Å². The number of Topliss-reactive ketones (excluding diaryl/α,β-unsaturated/α-hetero) is 1. The van der Waals surface area contributed by atoms with E-state index in [1.165, 1.54) is 43.8 Å². The minimum Gasteiger partial charge on any atom is -0.508 e. The van der Waals surface area contributed by atoms with E-state index in [2.05, 4.69) is 9.97 Å². The molecule has 1 aliphatic rings. The van der Waals surface area contributed by atoms with E-state index in [0.29, 0.717) is 16.8 Å². The number of amides is 1. The maximum Gasteiger partial charge on any atom is 0.350 e. The topological polar surface area (TPSA) is 130 Å². The van der Waals surface area contributed by atoms with Crippen LogP contribution in [0.2, 0.25) is 0 Å². The molecule has 9 nitrogen and oxygen atoms in total. The lowest BCUT2D eigenvalue weighted by atomic mass is 9.95. The van der Waals surface area contributed by atoms with E-state index in [4.69, 9.17) is 4.74 Å². The molecule has 1 saturated heterocycles. The van der Waals surface area contributed by atoms with E-state index in [1.54, 1.807) is 19.1 Å². The van der Waals surface area contributed by atoms with Crippen molar-refractivity contribution >= 4 is 39.9 Å². The summed E-state index contributed by atoms with van der Waals surface area (Å²) in [5.41, 5.74) is 0.850. The van der Waals surface area contributed by atoms with E-state index >= 15 is 0 Å². The molecule has 162 valence electrons. The number of thiazole rings is 1. The fraction of sp³-hybridized carbons (Fsp3) is 0.136. The number of ketones is 1. The predicted octanol–water partition coefficient (Wildman–Crippen LogP) is 2.97. The molecule has 4 rings (SSSR count). The number of benzene rings is 1. The van der Waals surface area contributed by atoms with Crippen LogP contribution in [-0.2, 0) is 14.3 Å². The monoisotopic (exact) mass is 451 g/mol. The molecule has 0 aliphatic carbocycles. The van der Waals surface area contributed by atoms with Gasteiger partial charge in [-0.05, 0) is 36.8 Å². The number of pyridine rings is 1. The highest BCUT2D eigenvalue weighted by Gasteiger charge is 2.48. The van der Waals surface area contributed by atoms with Crippen molar-refractivity contribution in [3.05, 3.63) is 76.1 Å². The second-order valence-electron chi connectivity index (χ2n) is 6.90. The lowest BCUT2D eigenvalue weighted by molar-refractivity contribution is -0.132. The molecule has 0 saturated carbocycles. The SMILES string of the molecule is COC(=O)c1sc(N2C(=O)C(=O)C(=C(O)c3ccncc3)C2c2cccc(O)c2)nc1C. The van der Waals surface area contributed by atoms with Crippen LogP contribution < -0.4 is 4.90 Å². The van der Waals surface area contributed by atoms with Gasteiger partial charge in [0, 0.05) is 18.0 Å². The molecule has 1 fully saturated rings. The van der Waals surface area contributed by atoms with Gasteiger partial charge in [-0.3, -0.25) is 19.5 Å². The lowest BCUT2D eigenvalue weighted by Gasteiger charge is -2.23. The quantitative estimate of drug-likeness (QED) is 0.268. The van der Waals surface area contributed by atoms with Crippen LogP contribution in [0.25, 0.3) is 5.76 Å². The number of carbonyl (C=O) groups excluding carboxylic acids is 3. The molecule has 2 aromatic heterocycles. The molecule has 10 heteroatoms. The van der Waals surface area contributed by atoms with Gasteiger partial charge < -0.3 is 14.9 Å². The summed E-state index contributed by atoms with van der Waals surface area (Å²) in [6.45, 7) is 1.59. The molecule has 0 radical (unpaired) electrons. The minimum absolute atomic E-state index is 0.0810. The van der Waals surface area contributed by atoms with Gasteiger partial charge in [-0.1, -0.05) is 23.5 Å². The number of methoxy groups -OCH3 is 1. The van der Waals surface area contributed by atoms with Crippen molar-refractivity contribution in [3.8, 4) is 5.75 Å². The standard InChI is InChI=1S/C22H17N3O6S/c1-11-19(21(30)31-2)32-22(24-11)25-16(13-4-3-5-14(26)10-13)15(18(28)20(25)29)17(27)12-6-8-23-9-7-12/h3-10,16,26-27H,1-2H3. The molecule has 32 heavy (non-hydrogen) atoms. The second kappa shape index (κ2) is 8.23. The highest BCUT2D eigenvalue weighted by Crippen LogP contribution is 2.44. The summed E-state index contributed by atoms with van der Waals surface area (Å²) in [6.07, 6.45) is 2.89. The average molecular weight is 451 g/mol. The summed E-state index contributed by atoms with van der Waals surface area (Å²) >= 11 is 0.898. The van der Waals surface area contributed by atoms with Crippen molar-refractivity contribution in [2.24, 2.45) is 0 Å². The van der Waals surface area contributed by atoms with Crippen LogP contribution in [0.5, 0.6) is 5.75 Å². The number of aliphatic hydroxyl groups excluding tert-OH is 1. The maximum atomic E-state index is 13.1. The Morgan fingerprint density at radius 3 is 2.56 bits per heavy atom. The zero-order valence-corrected chi connectivity index (χ0v) is 17.8. The third kappa shape index (κ3) is 3.50. The molecule has 2 N–H and O–H groups in total. The summed E-state index contributed by atoms with van der Waals surface area (Å²) in [5, 5.41) is 21.1. The van der Waals surface area contributed by atoms with Crippen molar-refractivity contribution < 1.29 is 29.3 Å². The van der Waals surface area contributed by atoms with Crippen LogP contribution in [0.15, 0.2) is 54.4 Å². The largest absolute Gasteiger partial charge is 0.508 e. The van der Waals surface area contributed by atoms with Gasteiger partial charge >= 0.3 is 11.9 Å². The third-order valence-electron chi connectivity index (χ3n) is 4.95. The van der Waals surface area contributed by atoms with E-state index in [1.807, 2.05) is 0 Å². The van der Waals surface area contributed by atoms with Gasteiger partial charge in [-0.25, -0.2) is 9.78 Å². The number of nitrogens with zero attached hydrogens (tertiary/aromatic N) is 3. The van der Waals surface area contributed by atoms with Crippen LogP contribution in [0.3, 0.4) is 0 Å². The number of aromatic hydroxyl groups is 1. The zero-order valence-electron chi connectivity index (χ0n) is 17.0. The molecular weight excluding hydrogens is 434 g/mol. The molecule has 1 unspecified atom stereocenters. The zero-order chi connectivity index (χ0) is 23.0. The summed E-state index contributed by atoms with van der Waals surface area (Å²) < 4.78 is 4.76. The fourth-order valence-corrected chi connectivity index (χ4v) is 4.48. The van der Waals surface area contributed by atoms with Crippen LogP contribution in [0.1, 0.15) is 32.5 Å². The fourth-order valence-electron chi connectivity index (χ4n) is 3.47. The molecule has 1 aliphatic heterocycles. The number of aromatic nitrogens is 2. The predicted molar refractivity (Wildman–Crippen MR) is 115 cm³/mol. The number of phenolic OH excluding ortho intramolecular Hbond substituents is 1. The molecule has 0 spiro atoms. The molecule has 3 aromatic rings. The van der Waals surface area contributed by atoms with Crippen LogP contribution in [0.4, 0.5) is 5.13 Å². The number of aryl methyl sites for hydroxylation is 1. The minimum atomic E-state index is -1.08. The van der Waals surface area contributed by atoms with E-state index in [0.717, 1.165) is 16.2 Å². The first kappa shape index (κ1) is 21.2. The summed E-state index contributed by atoms with van der Waals surface area (Å²) in [7, 11) is 1.23. The number of carbonyl (C=O) groups is 3. The number of esters is 1. The Hall–Kier alpha value is -4.05. The van der Waals surface area contributed by atoms with Crippen molar-refractivity contribution in [1.29, 1.82) is 0 Å². The number of hydrogen-bond donors (Lipinski definition) is 2. The lowest BCUT2D eigenvalue weighted by Crippen LogP contribution is -2.29. The smallest absolute Gasteiger partial charge is 0.350 e. The molecule has 1 amide bonds. The summed E-state index contributed by atoms with van der Waals surface area (Å²) in [5.74, 6) is -2.92. The first-order valence-electron chi connectivity index (χ1n) is 9.39. The molecule has 0 bridgehead atoms. The van der Waals surface area contributed by atoms with Gasteiger partial charge in [-0.15, -0.1) is 0 Å². The Kier molecular flexibility index (Phi) is 5.45. The molecular formula is C22H17N3O6S. The van der Waals surface area contributed by atoms with Crippen molar-refractivity contribution in [2.75, 3.05) is 12.0 Å². The maximum absolute atomic E-state index is 13.1. The van der Waals surface area contributed by atoms with Gasteiger partial charge in [0.2, 0.25) is 0 Å². The van der Waals surface area contributed by atoms with E-state index in [-0.39, 0.29) is 27.1 Å². The Bertz CT molecular complexity index is 1270. The normalized spacial score (nSPS) is 17.6. The van der Waals surface area contributed by atoms with Crippen LogP contribution in [-0.4, -0.2) is 45.0 Å². The Balaban J connectivity index is 1.95. The summed E-state index contributed by atoms with van der Waals surface area (Å²) in [6, 6.07) is 7.95. The highest BCUT2D eigenvalue weighted by molar-refractivity contribution is 7.17. The van der Waals surface area contributed by atoms with Crippen molar-refractivity contribution in [2.45, 2.75) is 13.0 Å². The van der Waals surface area contributed by atoms with E-state index in [9.17, 15) is 24.6 Å². The van der Waals surface area contributed by atoms with Crippen molar-refractivity contribution in [1.82, 2.24) is 9.97 Å².